The van der Waals surface area contributed by atoms with Gasteiger partial charge in [0.1, 0.15) is 0 Å². The van der Waals surface area contributed by atoms with Crippen LogP contribution in [0.3, 0.4) is 0 Å². The molecule has 0 radical (unpaired) electrons. The molecule has 3 heteroatoms. The van der Waals surface area contributed by atoms with Gasteiger partial charge in [0, 0.05) is 51.5 Å². The molecule has 3 nitrogen and oxygen atoms in total. The molecule has 0 aromatic heterocycles. The van der Waals surface area contributed by atoms with Gasteiger partial charge in [0.15, 0.2) is 0 Å². The van der Waals surface area contributed by atoms with E-state index in [0.717, 1.165) is 45.8 Å². The van der Waals surface area contributed by atoms with Crippen LogP contribution < -0.4 is 4.90 Å². The van der Waals surface area contributed by atoms with Gasteiger partial charge in [-0.05, 0) is 24.5 Å². The summed E-state index contributed by atoms with van der Waals surface area (Å²) in [6.45, 7) is 8.84. The molecule has 1 saturated heterocycles. The third kappa shape index (κ3) is 3.58. The number of hydrogen-bond donors (Lipinski definition) is 0. The third-order valence-electron chi connectivity index (χ3n) is 4.67. The van der Waals surface area contributed by atoms with Gasteiger partial charge in [-0.2, -0.15) is 0 Å². The molecule has 1 fully saturated rings. The number of aryl methyl sites for hydroxylation is 1. The Kier molecular flexibility index (Phi) is 4.80. The maximum absolute atomic E-state index is 5.38. The molecule has 0 unspecified atom stereocenters. The number of anilines is 1. The van der Waals surface area contributed by atoms with Crippen LogP contribution in [0.25, 0.3) is 0 Å². The second-order valence-electron chi connectivity index (χ2n) is 6.04. The molecule has 112 valence electrons. The van der Waals surface area contributed by atoms with E-state index in [1.54, 1.807) is 0 Å². The van der Waals surface area contributed by atoms with Gasteiger partial charge in [-0.3, -0.25) is 9.80 Å². The molecular formula is C18H25N3. The number of fused-ring (bicyclic) bond motifs is 1. The topological polar surface area (TPSA) is 9.72 Å². The summed E-state index contributed by atoms with van der Waals surface area (Å²) in [5.41, 5.74) is 2.97. The van der Waals surface area contributed by atoms with Crippen LogP contribution >= 0.6 is 0 Å². The van der Waals surface area contributed by atoms with Gasteiger partial charge in [-0.25, -0.2) is 0 Å². The van der Waals surface area contributed by atoms with E-state index in [1.807, 2.05) is 0 Å². The molecule has 2 aliphatic heterocycles. The van der Waals surface area contributed by atoms with Crippen molar-refractivity contribution in [2.24, 2.45) is 0 Å². The van der Waals surface area contributed by atoms with Gasteiger partial charge in [0.05, 0.1) is 6.54 Å². The molecule has 0 N–H and O–H groups in total. The van der Waals surface area contributed by atoms with Crippen LogP contribution in [0.15, 0.2) is 24.3 Å². The summed E-state index contributed by atoms with van der Waals surface area (Å²) in [6, 6.07) is 8.88. The maximum Gasteiger partial charge on any atom is 0.0599 e. The van der Waals surface area contributed by atoms with E-state index in [0.29, 0.717) is 0 Å². The van der Waals surface area contributed by atoms with Gasteiger partial charge in [-0.15, -0.1) is 6.42 Å². The van der Waals surface area contributed by atoms with Crippen molar-refractivity contribution in [1.29, 1.82) is 0 Å². The molecule has 3 rings (SSSR count). The van der Waals surface area contributed by atoms with Crippen LogP contribution in [0, 0.1) is 12.3 Å². The molecule has 0 bridgehead atoms. The van der Waals surface area contributed by atoms with E-state index in [2.05, 4.69) is 44.9 Å². The lowest BCUT2D eigenvalue weighted by Crippen LogP contribution is -2.48. The number of rotatable bonds is 4. The third-order valence-corrected chi connectivity index (χ3v) is 4.67. The first-order valence-electron chi connectivity index (χ1n) is 8.08. The SMILES string of the molecule is C#CCN1CCN(CCN2CCCc3ccccc32)CC1. The first-order valence-corrected chi connectivity index (χ1v) is 8.08. The van der Waals surface area contributed by atoms with Gasteiger partial charge >= 0.3 is 0 Å². The minimum absolute atomic E-state index is 0.799. The fraction of sp³-hybridized carbons (Fsp3) is 0.556. The quantitative estimate of drug-likeness (QED) is 0.779. The van der Waals surface area contributed by atoms with Crippen molar-refractivity contribution in [1.82, 2.24) is 9.80 Å². The van der Waals surface area contributed by atoms with E-state index >= 15 is 0 Å². The summed E-state index contributed by atoms with van der Waals surface area (Å²) in [5, 5.41) is 0. The molecule has 0 atom stereocenters. The number of nitrogens with zero attached hydrogens (tertiary/aromatic N) is 3. The zero-order chi connectivity index (χ0) is 14.5. The fourth-order valence-corrected chi connectivity index (χ4v) is 3.41. The molecule has 1 aromatic rings. The van der Waals surface area contributed by atoms with E-state index in [1.165, 1.54) is 30.6 Å². The molecule has 0 spiro atoms. The Balaban J connectivity index is 1.50. The second kappa shape index (κ2) is 6.98. The normalized spacial score (nSPS) is 20.0. The summed E-state index contributed by atoms with van der Waals surface area (Å²) >= 11 is 0. The number of hydrogen-bond acceptors (Lipinski definition) is 3. The minimum Gasteiger partial charge on any atom is -0.370 e. The Morgan fingerprint density at radius 3 is 2.52 bits per heavy atom. The van der Waals surface area contributed by atoms with Gasteiger partial charge in [0.25, 0.3) is 0 Å². The van der Waals surface area contributed by atoms with Crippen molar-refractivity contribution in [3.05, 3.63) is 29.8 Å². The van der Waals surface area contributed by atoms with Crippen molar-refractivity contribution in [2.45, 2.75) is 12.8 Å². The molecular weight excluding hydrogens is 258 g/mol. The number of benzene rings is 1. The van der Waals surface area contributed by atoms with E-state index in [9.17, 15) is 0 Å². The first kappa shape index (κ1) is 14.4. The summed E-state index contributed by atoms with van der Waals surface area (Å²) in [4.78, 5) is 7.50. The van der Waals surface area contributed by atoms with Crippen molar-refractivity contribution in [3.8, 4) is 12.3 Å². The van der Waals surface area contributed by atoms with Crippen molar-refractivity contribution >= 4 is 5.69 Å². The summed E-state index contributed by atoms with van der Waals surface area (Å²) in [5.74, 6) is 2.75. The average Bonchev–Trinajstić information content (AvgIpc) is 2.54. The zero-order valence-corrected chi connectivity index (χ0v) is 12.8. The van der Waals surface area contributed by atoms with Crippen LogP contribution in [0.5, 0.6) is 0 Å². The van der Waals surface area contributed by atoms with Gasteiger partial charge in [-0.1, -0.05) is 24.1 Å². The Labute approximate surface area is 128 Å². The standard InChI is InChI=1S/C18H25N3/c1-2-9-19-11-13-20(14-12-19)15-16-21-10-5-7-17-6-3-4-8-18(17)21/h1,3-4,6,8H,5,7,9-16H2. The van der Waals surface area contributed by atoms with Crippen LogP contribution in [0.4, 0.5) is 5.69 Å². The first-order chi connectivity index (χ1) is 10.4. The average molecular weight is 283 g/mol. The minimum atomic E-state index is 0.799. The molecule has 2 heterocycles. The Morgan fingerprint density at radius 1 is 0.952 bits per heavy atom. The lowest BCUT2D eigenvalue weighted by atomic mass is 10.0. The fourth-order valence-electron chi connectivity index (χ4n) is 3.41. The summed E-state index contributed by atoms with van der Waals surface area (Å²) in [7, 11) is 0. The lowest BCUT2D eigenvalue weighted by molar-refractivity contribution is 0.146. The molecule has 0 saturated carbocycles. The molecule has 2 aliphatic rings. The molecule has 0 aliphatic carbocycles. The Hall–Kier alpha value is -1.50. The van der Waals surface area contributed by atoms with Gasteiger partial charge < -0.3 is 4.90 Å². The van der Waals surface area contributed by atoms with Crippen LogP contribution in [-0.2, 0) is 6.42 Å². The van der Waals surface area contributed by atoms with E-state index < -0.39 is 0 Å². The monoisotopic (exact) mass is 283 g/mol. The van der Waals surface area contributed by atoms with Crippen molar-refractivity contribution in [2.75, 3.05) is 57.3 Å². The van der Waals surface area contributed by atoms with Crippen molar-refractivity contribution in [3.63, 3.8) is 0 Å². The molecule has 0 amide bonds. The highest BCUT2D eigenvalue weighted by Crippen LogP contribution is 2.26. The largest absolute Gasteiger partial charge is 0.370 e. The van der Waals surface area contributed by atoms with Crippen LogP contribution in [0.1, 0.15) is 12.0 Å². The lowest BCUT2D eigenvalue weighted by Gasteiger charge is -2.37. The van der Waals surface area contributed by atoms with Crippen molar-refractivity contribution < 1.29 is 0 Å². The van der Waals surface area contributed by atoms with Gasteiger partial charge in [0.2, 0.25) is 0 Å². The number of piperazine rings is 1. The zero-order valence-electron chi connectivity index (χ0n) is 12.8. The Bertz CT molecular complexity index is 497. The number of para-hydroxylation sites is 1. The molecule has 1 aromatic carbocycles. The summed E-state index contributed by atoms with van der Waals surface area (Å²) < 4.78 is 0. The highest BCUT2D eigenvalue weighted by atomic mass is 15.3. The second-order valence-corrected chi connectivity index (χ2v) is 6.04. The summed E-state index contributed by atoms with van der Waals surface area (Å²) in [6.07, 6.45) is 7.90. The highest BCUT2D eigenvalue weighted by Gasteiger charge is 2.19. The predicted molar refractivity (Wildman–Crippen MR) is 88.7 cm³/mol. The van der Waals surface area contributed by atoms with E-state index in [4.69, 9.17) is 6.42 Å². The van der Waals surface area contributed by atoms with E-state index in [-0.39, 0.29) is 0 Å². The maximum atomic E-state index is 5.38. The number of terminal acetylenes is 1. The molecule has 21 heavy (non-hydrogen) atoms. The van der Waals surface area contributed by atoms with Crippen LogP contribution in [0.2, 0.25) is 0 Å². The highest BCUT2D eigenvalue weighted by molar-refractivity contribution is 5.55. The smallest absolute Gasteiger partial charge is 0.0599 e. The predicted octanol–water partition coefficient (Wildman–Crippen LogP) is 1.69. The Morgan fingerprint density at radius 2 is 1.71 bits per heavy atom. The van der Waals surface area contributed by atoms with Crippen LogP contribution in [-0.4, -0.2) is 62.2 Å².